The molecule has 3 aromatic rings. The minimum absolute atomic E-state index is 0.143. The van der Waals surface area contributed by atoms with Crippen molar-refractivity contribution in [2.24, 2.45) is 0 Å². The van der Waals surface area contributed by atoms with Crippen molar-refractivity contribution in [1.82, 2.24) is 9.62 Å². The summed E-state index contributed by atoms with van der Waals surface area (Å²) in [5, 5.41) is 0. The van der Waals surface area contributed by atoms with E-state index in [0.29, 0.717) is 17.7 Å². The molecule has 0 heterocycles. The topological polar surface area (TPSA) is 101 Å². The van der Waals surface area contributed by atoms with Gasteiger partial charge < -0.3 is 4.90 Å². The summed E-state index contributed by atoms with van der Waals surface area (Å²) in [5.74, 6) is -0.406. The van der Waals surface area contributed by atoms with Gasteiger partial charge in [-0.15, -0.1) is 0 Å². The predicted molar refractivity (Wildman–Crippen MR) is 122 cm³/mol. The second kappa shape index (κ2) is 10.2. The molecule has 0 fully saturated rings. The molecule has 7 nitrogen and oxygen atoms in total. The largest absolute Gasteiger partial charge is 0.417 e. The van der Waals surface area contributed by atoms with Gasteiger partial charge >= 0.3 is 6.18 Å². The van der Waals surface area contributed by atoms with Gasteiger partial charge in [0.2, 0.25) is 19.9 Å². The zero-order chi connectivity index (χ0) is 25.9. The first-order chi connectivity index (χ1) is 16.3. The molecule has 0 unspecified atom stereocenters. The number of hydrogen-bond acceptors (Lipinski definition) is 5. The van der Waals surface area contributed by atoms with Crippen LogP contribution in [0.1, 0.15) is 15.9 Å². The number of hydrogen-bond donors (Lipinski definition) is 1. The zero-order valence-corrected chi connectivity index (χ0v) is 20.0. The molecule has 0 atom stereocenters. The molecule has 3 rings (SSSR count). The fourth-order valence-corrected chi connectivity index (χ4v) is 5.84. The van der Waals surface area contributed by atoms with Crippen LogP contribution in [-0.4, -0.2) is 47.8 Å². The number of benzene rings is 3. The molecule has 0 radical (unpaired) electrons. The van der Waals surface area contributed by atoms with Gasteiger partial charge in [-0.3, -0.25) is 4.79 Å². The maximum atomic E-state index is 13.6. The Bertz CT molecular complexity index is 1410. The number of rotatable bonds is 8. The molecule has 0 aliphatic heterocycles. The minimum atomic E-state index is -5.06. The smallest absolute Gasteiger partial charge is 0.340 e. The van der Waals surface area contributed by atoms with Gasteiger partial charge in [-0.05, 0) is 42.5 Å². The van der Waals surface area contributed by atoms with Gasteiger partial charge in [0.25, 0.3) is 5.91 Å². The van der Waals surface area contributed by atoms with Crippen LogP contribution in [0.2, 0.25) is 0 Å². The average molecular weight is 527 g/mol. The quantitative estimate of drug-likeness (QED) is 0.484. The van der Waals surface area contributed by atoms with Crippen molar-refractivity contribution < 1.29 is 34.8 Å². The highest BCUT2D eigenvalue weighted by Crippen LogP contribution is 2.36. The highest BCUT2D eigenvalue weighted by molar-refractivity contribution is 7.91. The molecule has 1 N–H and O–H groups in total. The van der Waals surface area contributed by atoms with Gasteiger partial charge in [0.1, 0.15) is 0 Å². The molecule has 0 aliphatic rings. The molecule has 186 valence electrons. The lowest BCUT2D eigenvalue weighted by Crippen LogP contribution is -2.36. The first-order valence-electron chi connectivity index (χ1n) is 10.2. The van der Waals surface area contributed by atoms with E-state index in [1.165, 1.54) is 36.2 Å². The molecule has 0 saturated heterocycles. The highest BCUT2D eigenvalue weighted by Gasteiger charge is 2.38. The van der Waals surface area contributed by atoms with Gasteiger partial charge in [-0.2, -0.15) is 13.2 Å². The molecule has 0 aliphatic carbocycles. The molecule has 0 spiro atoms. The number of sulfonamides is 1. The van der Waals surface area contributed by atoms with Crippen molar-refractivity contribution in [3.8, 4) is 0 Å². The standard InChI is InChI=1S/C23H21F3N2O5S2/c1-28(22(29)17-8-4-2-5-9-17)15-14-27-35(32,33)21-16-19(12-13-20(21)23(24,25)26)34(30,31)18-10-6-3-7-11-18/h2-13,16,27H,14-15H2,1H3. The molecule has 0 aromatic heterocycles. The van der Waals surface area contributed by atoms with E-state index in [-0.39, 0.29) is 11.4 Å². The molecule has 35 heavy (non-hydrogen) atoms. The van der Waals surface area contributed by atoms with E-state index >= 15 is 0 Å². The van der Waals surface area contributed by atoms with Gasteiger partial charge in [0.05, 0.1) is 20.2 Å². The number of likely N-dealkylation sites (N-methyl/N-ethyl adjacent to an activating group) is 1. The predicted octanol–water partition coefficient (Wildman–Crippen LogP) is 3.59. The number of sulfone groups is 1. The van der Waals surface area contributed by atoms with Crippen molar-refractivity contribution in [1.29, 1.82) is 0 Å². The Kier molecular flexibility index (Phi) is 7.68. The van der Waals surface area contributed by atoms with Crippen LogP contribution in [-0.2, 0) is 26.0 Å². The van der Waals surface area contributed by atoms with Crippen molar-refractivity contribution in [2.45, 2.75) is 20.9 Å². The number of amides is 1. The number of nitrogens with one attached hydrogen (secondary N) is 1. The molecular formula is C23H21F3N2O5S2. The van der Waals surface area contributed by atoms with Crippen LogP contribution in [0, 0.1) is 0 Å². The van der Waals surface area contributed by atoms with Crippen LogP contribution in [0.3, 0.4) is 0 Å². The highest BCUT2D eigenvalue weighted by atomic mass is 32.2. The van der Waals surface area contributed by atoms with Crippen molar-refractivity contribution >= 4 is 25.8 Å². The number of nitrogens with zero attached hydrogens (tertiary/aromatic N) is 1. The molecular weight excluding hydrogens is 505 g/mol. The number of carbonyl (C=O) groups excluding carboxylic acids is 1. The number of carbonyl (C=O) groups is 1. The Labute approximate surface area is 201 Å². The SMILES string of the molecule is CN(CCNS(=O)(=O)c1cc(S(=O)(=O)c2ccccc2)ccc1C(F)(F)F)C(=O)c1ccccc1. The van der Waals surface area contributed by atoms with E-state index in [0.717, 1.165) is 6.07 Å². The first-order valence-corrected chi connectivity index (χ1v) is 13.1. The summed E-state index contributed by atoms with van der Waals surface area (Å²) in [5.41, 5.74) is -1.15. The Morgan fingerprint density at radius 1 is 0.857 bits per heavy atom. The van der Waals surface area contributed by atoms with Gasteiger partial charge in [0.15, 0.2) is 0 Å². The molecule has 1 amide bonds. The summed E-state index contributed by atoms with van der Waals surface area (Å²) >= 11 is 0. The summed E-state index contributed by atoms with van der Waals surface area (Å²) in [6.07, 6.45) is -5.06. The van der Waals surface area contributed by atoms with Crippen LogP contribution >= 0.6 is 0 Å². The summed E-state index contributed by atoms with van der Waals surface area (Å²) < 4.78 is 94.1. The maximum absolute atomic E-state index is 13.6. The van der Waals surface area contributed by atoms with E-state index < -0.39 is 53.8 Å². The fraction of sp³-hybridized carbons (Fsp3) is 0.174. The van der Waals surface area contributed by atoms with Crippen LogP contribution in [0.4, 0.5) is 13.2 Å². The van der Waals surface area contributed by atoms with E-state index in [1.54, 1.807) is 36.4 Å². The third-order valence-corrected chi connectivity index (χ3v) is 8.29. The first kappa shape index (κ1) is 26.4. The minimum Gasteiger partial charge on any atom is -0.340 e. The van der Waals surface area contributed by atoms with Gasteiger partial charge in [-0.1, -0.05) is 36.4 Å². The lowest BCUT2D eigenvalue weighted by atomic mass is 10.2. The van der Waals surface area contributed by atoms with Crippen LogP contribution in [0.15, 0.2) is 93.5 Å². The second-order valence-electron chi connectivity index (χ2n) is 7.46. The van der Waals surface area contributed by atoms with E-state index in [1.807, 2.05) is 4.72 Å². The third kappa shape index (κ3) is 6.08. The Morgan fingerprint density at radius 3 is 2.00 bits per heavy atom. The lowest BCUT2D eigenvalue weighted by Gasteiger charge is -2.19. The van der Waals surface area contributed by atoms with Crippen molar-refractivity contribution in [3.63, 3.8) is 0 Å². The van der Waals surface area contributed by atoms with Crippen LogP contribution in [0.5, 0.6) is 0 Å². The fourth-order valence-electron chi connectivity index (χ4n) is 3.19. The Morgan fingerprint density at radius 2 is 1.43 bits per heavy atom. The van der Waals surface area contributed by atoms with Crippen LogP contribution < -0.4 is 4.72 Å². The molecule has 0 bridgehead atoms. The summed E-state index contributed by atoms with van der Waals surface area (Å²) in [7, 11) is -7.66. The zero-order valence-electron chi connectivity index (χ0n) is 18.4. The lowest BCUT2D eigenvalue weighted by molar-refractivity contribution is -0.139. The number of alkyl halides is 3. The van der Waals surface area contributed by atoms with Crippen molar-refractivity contribution in [3.05, 3.63) is 90.0 Å². The maximum Gasteiger partial charge on any atom is 0.417 e. The summed E-state index contributed by atoms with van der Waals surface area (Å²) in [6, 6.07) is 16.7. The Hall–Kier alpha value is -3.22. The van der Waals surface area contributed by atoms with Gasteiger partial charge in [0, 0.05) is 25.7 Å². The summed E-state index contributed by atoms with van der Waals surface area (Å²) in [6.45, 7) is -0.541. The molecule has 12 heteroatoms. The number of halogens is 3. The monoisotopic (exact) mass is 526 g/mol. The Balaban J connectivity index is 1.88. The van der Waals surface area contributed by atoms with Crippen LogP contribution in [0.25, 0.3) is 0 Å². The molecule has 3 aromatic carbocycles. The van der Waals surface area contributed by atoms with Gasteiger partial charge in [-0.25, -0.2) is 21.6 Å². The van der Waals surface area contributed by atoms with Crippen molar-refractivity contribution in [2.75, 3.05) is 20.1 Å². The third-order valence-electron chi connectivity index (χ3n) is 5.02. The second-order valence-corrected chi connectivity index (χ2v) is 11.1. The van der Waals surface area contributed by atoms with E-state index in [2.05, 4.69) is 0 Å². The van der Waals surface area contributed by atoms with E-state index in [9.17, 15) is 34.8 Å². The normalized spacial score (nSPS) is 12.3. The average Bonchev–Trinajstić information content (AvgIpc) is 2.83. The molecule has 0 saturated carbocycles. The van der Waals surface area contributed by atoms with E-state index in [4.69, 9.17) is 0 Å². The summed E-state index contributed by atoms with van der Waals surface area (Å²) in [4.78, 5) is 11.6.